The smallest absolute Gasteiger partial charge is 0.404 e. The van der Waals surface area contributed by atoms with Gasteiger partial charge in [-0.25, -0.2) is 4.79 Å². The summed E-state index contributed by atoms with van der Waals surface area (Å²) < 4.78 is 4.42. The lowest BCUT2D eigenvalue weighted by Crippen LogP contribution is -2.14. The summed E-state index contributed by atoms with van der Waals surface area (Å²) in [4.78, 5) is 19.9. The van der Waals surface area contributed by atoms with E-state index in [4.69, 9.17) is 5.73 Å². The largest absolute Gasteiger partial charge is 0.445 e. The average Bonchev–Trinajstić information content (AvgIpc) is 1.97. The van der Waals surface area contributed by atoms with E-state index in [0.717, 1.165) is 6.29 Å². The molecule has 0 aromatic rings. The Morgan fingerprint density at radius 3 is 2.73 bits per heavy atom. The van der Waals surface area contributed by atoms with Crippen molar-refractivity contribution in [3.8, 4) is 0 Å². The Hall–Kier alpha value is -1.32. The maximum absolute atomic E-state index is 10.1. The predicted molar refractivity (Wildman–Crippen MR) is 40.0 cm³/mol. The minimum atomic E-state index is -0.822. The van der Waals surface area contributed by atoms with Gasteiger partial charge in [-0.05, 0) is 12.0 Å². The van der Waals surface area contributed by atoms with Crippen LogP contribution in [-0.4, -0.2) is 19.0 Å². The van der Waals surface area contributed by atoms with E-state index in [1.165, 1.54) is 0 Å². The number of hydrogen-bond acceptors (Lipinski definition) is 3. The van der Waals surface area contributed by atoms with Crippen molar-refractivity contribution >= 4 is 12.4 Å². The standard InChI is InChI=1S/C7H11NO3/c1-6(3-2-4-9)5-11-7(8)10/h4H,1-3,5H2,(H2,8,10). The van der Waals surface area contributed by atoms with Gasteiger partial charge in [-0.15, -0.1) is 0 Å². The molecule has 0 spiro atoms. The summed E-state index contributed by atoms with van der Waals surface area (Å²) >= 11 is 0. The SMILES string of the molecule is C=C(CCC=O)COC(N)=O. The zero-order valence-electron chi connectivity index (χ0n) is 6.21. The summed E-state index contributed by atoms with van der Waals surface area (Å²) in [5.41, 5.74) is 5.39. The summed E-state index contributed by atoms with van der Waals surface area (Å²) in [6.07, 6.45) is 0.907. The molecular formula is C7H11NO3. The number of amides is 1. The normalized spacial score (nSPS) is 8.73. The molecule has 11 heavy (non-hydrogen) atoms. The van der Waals surface area contributed by atoms with Crippen LogP contribution in [0.1, 0.15) is 12.8 Å². The first-order chi connectivity index (χ1) is 5.16. The van der Waals surface area contributed by atoms with Gasteiger partial charge >= 0.3 is 6.09 Å². The number of ether oxygens (including phenoxy) is 1. The highest BCUT2D eigenvalue weighted by Crippen LogP contribution is 2.00. The van der Waals surface area contributed by atoms with E-state index < -0.39 is 6.09 Å². The second-order valence-electron chi connectivity index (χ2n) is 2.06. The van der Waals surface area contributed by atoms with Crippen molar-refractivity contribution in [1.82, 2.24) is 0 Å². The Bertz CT molecular complexity index is 165. The second-order valence-corrected chi connectivity index (χ2v) is 2.06. The minimum Gasteiger partial charge on any atom is -0.445 e. The van der Waals surface area contributed by atoms with Crippen LogP contribution in [0.5, 0.6) is 0 Å². The van der Waals surface area contributed by atoms with Gasteiger partial charge in [-0.3, -0.25) is 0 Å². The molecule has 1 amide bonds. The number of primary amides is 1. The first kappa shape index (κ1) is 9.68. The van der Waals surface area contributed by atoms with Crippen LogP contribution in [0, 0.1) is 0 Å². The molecule has 0 saturated carbocycles. The fourth-order valence-electron chi connectivity index (χ4n) is 0.508. The Balaban J connectivity index is 3.37. The summed E-state index contributed by atoms with van der Waals surface area (Å²) in [5, 5.41) is 0. The molecule has 2 N–H and O–H groups in total. The highest BCUT2D eigenvalue weighted by Gasteiger charge is 1.96. The lowest BCUT2D eigenvalue weighted by atomic mass is 10.2. The summed E-state index contributed by atoms with van der Waals surface area (Å²) in [7, 11) is 0. The van der Waals surface area contributed by atoms with Crippen LogP contribution < -0.4 is 5.73 Å². The van der Waals surface area contributed by atoms with Crippen LogP contribution >= 0.6 is 0 Å². The molecule has 0 aliphatic rings. The van der Waals surface area contributed by atoms with Gasteiger partial charge in [0.05, 0.1) is 0 Å². The molecule has 0 aliphatic carbocycles. The van der Waals surface area contributed by atoms with Crippen molar-refractivity contribution in [2.75, 3.05) is 6.61 Å². The van der Waals surface area contributed by atoms with E-state index in [0.29, 0.717) is 18.4 Å². The molecule has 0 rings (SSSR count). The van der Waals surface area contributed by atoms with Crippen LogP contribution in [0.4, 0.5) is 4.79 Å². The van der Waals surface area contributed by atoms with Crippen LogP contribution in [-0.2, 0) is 9.53 Å². The van der Waals surface area contributed by atoms with Crippen molar-refractivity contribution in [1.29, 1.82) is 0 Å². The molecule has 0 atom stereocenters. The Morgan fingerprint density at radius 1 is 1.64 bits per heavy atom. The lowest BCUT2D eigenvalue weighted by Gasteiger charge is -2.01. The van der Waals surface area contributed by atoms with Crippen LogP contribution in [0.25, 0.3) is 0 Å². The molecule has 0 unspecified atom stereocenters. The quantitative estimate of drug-likeness (QED) is 0.469. The summed E-state index contributed by atoms with van der Waals surface area (Å²) in [6.45, 7) is 3.67. The fourth-order valence-corrected chi connectivity index (χ4v) is 0.508. The first-order valence-electron chi connectivity index (χ1n) is 3.19. The van der Waals surface area contributed by atoms with Crippen LogP contribution in [0.15, 0.2) is 12.2 Å². The van der Waals surface area contributed by atoms with Crippen molar-refractivity contribution in [3.05, 3.63) is 12.2 Å². The molecule has 0 fully saturated rings. The van der Waals surface area contributed by atoms with Crippen molar-refractivity contribution in [2.24, 2.45) is 5.73 Å². The maximum Gasteiger partial charge on any atom is 0.404 e. The number of carbonyl (C=O) groups is 2. The van der Waals surface area contributed by atoms with Gasteiger partial charge in [0.1, 0.15) is 12.9 Å². The van der Waals surface area contributed by atoms with Gasteiger partial charge in [0.25, 0.3) is 0 Å². The number of nitrogens with two attached hydrogens (primary N) is 1. The van der Waals surface area contributed by atoms with Gasteiger partial charge in [0.15, 0.2) is 0 Å². The third-order valence-corrected chi connectivity index (χ3v) is 1.03. The Morgan fingerprint density at radius 2 is 2.27 bits per heavy atom. The third-order valence-electron chi connectivity index (χ3n) is 1.03. The number of aldehydes is 1. The second kappa shape index (κ2) is 5.46. The van der Waals surface area contributed by atoms with E-state index in [1.54, 1.807) is 0 Å². The molecule has 0 saturated heterocycles. The molecule has 0 aliphatic heterocycles. The summed E-state index contributed by atoms with van der Waals surface area (Å²) in [6, 6.07) is 0. The van der Waals surface area contributed by atoms with E-state index in [1.807, 2.05) is 0 Å². The lowest BCUT2D eigenvalue weighted by molar-refractivity contribution is -0.107. The number of rotatable bonds is 5. The molecule has 4 nitrogen and oxygen atoms in total. The zero-order valence-corrected chi connectivity index (χ0v) is 6.21. The Kier molecular flexibility index (Phi) is 4.81. The van der Waals surface area contributed by atoms with Gasteiger partial charge in [0, 0.05) is 6.42 Å². The Labute approximate surface area is 65.0 Å². The molecular weight excluding hydrogens is 146 g/mol. The minimum absolute atomic E-state index is 0.100. The fraction of sp³-hybridized carbons (Fsp3) is 0.429. The van der Waals surface area contributed by atoms with Crippen molar-refractivity contribution in [3.63, 3.8) is 0 Å². The topological polar surface area (TPSA) is 69.4 Å². The van der Waals surface area contributed by atoms with E-state index in [9.17, 15) is 9.59 Å². The third kappa shape index (κ3) is 6.57. The van der Waals surface area contributed by atoms with E-state index >= 15 is 0 Å². The van der Waals surface area contributed by atoms with E-state index in [2.05, 4.69) is 11.3 Å². The highest BCUT2D eigenvalue weighted by atomic mass is 16.5. The van der Waals surface area contributed by atoms with Gasteiger partial charge < -0.3 is 15.3 Å². The van der Waals surface area contributed by atoms with Crippen LogP contribution in [0.2, 0.25) is 0 Å². The molecule has 0 radical (unpaired) electrons. The highest BCUT2D eigenvalue weighted by molar-refractivity contribution is 5.64. The molecule has 62 valence electrons. The molecule has 0 aromatic heterocycles. The van der Waals surface area contributed by atoms with Crippen molar-refractivity contribution in [2.45, 2.75) is 12.8 Å². The van der Waals surface area contributed by atoms with E-state index in [-0.39, 0.29) is 6.61 Å². The first-order valence-corrected chi connectivity index (χ1v) is 3.19. The van der Waals surface area contributed by atoms with Crippen molar-refractivity contribution < 1.29 is 14.3 Å². The van der Waals surface area contributed by atoms with Gasteiger partial charge in [0.2, 0.25) is 0 Å². The average molecular weight is 157 g/mol. The monoisotopic (exact) mass is 157 g/mol. The van der Waals surface area contributed by atoms with Crippen LogP contribution in [0.3, 0.4) is 0 Å². The molecule has 0 bridgehead atoms. The predicted octanol–water partition coefficient (Wildman–Crippen LogP) is 0.617. The number of carbonyl (C=O) groups excluding carboxylic acids is 2. The maximum atomic E-state index is 10.1. The van der Waals surface area contributed by atoms with Gasteiger partial charge in [-0.2, -0.15) is 0 Å². The molecule has 0 aromatic carbocycles. The number of hydrogen-bond donors (Lipinski definition) is 1. The molecule has 0 heterocycles. The zero-order chi connectivity index (χ0) is 8.69. The summed E-state index contributed by atoms with van der Waals surface area (Å²) in [5.74, 6) is 0. The molecule has 4 heteroatoms. The van der Waals surface area contributed by atoms with Gasteiger partial charge in [-0.1, -0.05) is 6.58 Å².